The van der Waals surface area contributed by atoms with Crippen LogP contribution in [0.2, 0.25) is 0 Å². The third-order valence-corrected chi connectivity index (χ3v) is 4.42. The molecule has 0 spiro atoms. The van der Waals surface area contributed by atoms with Gasteiger partial charge in [0.15, 0.2) is 0 Å². The molecule has 0 saturated heterocycles. The van der Waals surface area contributed by atoms with Crippen LogP contribution >= 0.6 is 11.3 Å². The number of aryl methyl sites for hydroxylation is 1. The highest BCUT2D eigenvalue weighted by Crippen LogP contribution is 2.25. The van der Waals surface area contributed by atoms with Crippen LogP contribution in [-0.4, -0.2) is 4.98 Å². The van der Waals surface area contributed by atoms with Crippen LogP contribution in [0.25, 0.3) is 10.2 Å². The molecule has 0 radical (unpaired) electrons. The fourth-order valence-electron chi connectivity index (χ4n) is 2.15. The van der Waals surface area contributed by atoms with Gasteiger partial charge >= 0.3 is 0 Å². The lowest BCUT2D eigenvalue weighted by atomic mass is 10.0. The predicted octanol–water partition coefficient (Wildman–Crippen LogP) is 3.99. The van der Waals surface area contributed by atoms with Crippen LogP contribution in [0.15, 0.2) is 42.5 Å². The number of fused-ring (bicyclic) bond motifs is 1. The second-order valence-electron chi connectivity index (χ2n) is 4.89. The Kier molecular flexibility index (Phi) is 3.51. The molecule has 0 aliphatic rings. The Bertz CT molecular complexity index is 718. The smallest absolute Gasteiger partial charge is 0.126 e. The minimum atomic E-state index is -0.231. The number of thiazole rings is 1. The van der Waals surface area contributed by atoms with Gasteiger partial charge in [-0.3, -0.25) is 0 Å². The van der Waals surface area contributed by atoms with E-state index in [9.17, 15) is 4.39 Å². The summed E-state index contributed by atoms with van der Waals surface area (Å²) in [4.78, 5) is 4.56. The first-order valence-corrected chi connectivity index (χ1v) is 7.31. The maximum Gasteiger partial charge on any atom is 0.126 e. The zero-order valence-corrected chi connectivity index (χ0v) is 12.0. The average Bonchev–Trinajstić information content (AvgIpc) is 2.83. The number of hydrogen-bond donors (Lipinski definition) is 1. The van der Waals surface area contributed by atoms with Crippen molar-refractivity contribution in [2.75, 3.05) is 0 Å². The van der Waals surface area contributed by atoms with Crippen molar-refractivity contribution in [3.8, 4) is 0 Å². The Morgan fingerprint density at radius 3 is 2.80 bits per heavy atom. The van der Waals surface area contributed by atoms with Crippen LogP contribution < -0.4 is 5.73 Å². The number of halogens is 1. The van der Waals surface area contributed by atoms with Crippen LogP contribution in [-0.2, 0) is 6.42 Å². The first kappa shape index (κ1) is 13.2. The van der Waals surface area contributed by atoms with E-state index in [0.29, 0.717) is 12.0 Å². The highest BCUT2D eigenvalue weighted by Gasteiger charge is 2.12. The van der Waals surface area contributed by atoms with Crippen molar-refractivity contribution in [3.05, 3.63) is 64.4 Å². The van der Waals surface area contributed by atoms with E-state index < -0.39 is 0 Å². The highest BCUT2D eigenvalue weighted by molar-refractivity contribution is 7.18. The second kappa shape index (κ2) is 5.31. The topological polar surface area (TPSA) is 38.9 Å². The predicted molar refractivity (Wildman–Crippen MR) is 81.4 cm³/mol. The van der Waals surface area contributed by atoms with Gasteiger partial charge in [-0.05, 0) is 36.2 Å². The van der Waals surface area contributed by atoms with E-state index in [2.05, 4.69) is 4.98 Å². The zero-order chi connectivity index (χ0) is 14.1. The minimum absolute atomic E-state index is 0.206. The lowest BCUT2D eigenvalue weighted by Crippen LogP contribution is -2.13. The van der Waals surface area contributed by atoms with Crippen molar-refractivity contribution < 1.29 is 4.39 Å². The van der Waals surface area contributed by atoms with Crippen molar-refractivity contribution in [2.45, 2.75) is 19.4 Å². The molecule has 2 aromatic carbocycles. The van der Waals surface area contributed by atoms with Gasteiger partial charge < -0.3 is 5.73 Å². The number of nitrogens with zero attached hydrogens (tertiary/aromatic N) is 1. The van der Waals surface area contributed by atoms with Gasteiger partial charge in [-0.25, -0.2) is 9.37 Å². The molecule has 1 atom stereocenters. The van der Waals surface area contributed by atoms with Gasteiger partial charge in [0, 0.05) is 12.5 Å². The lowest BCUT2D eigenvalue weighted by Gasteiger charge is -2.11. The van der Waals surface area contributed by atoms with Crippen molar-refractivity contribution in [1.82, 2.24) is 4.98 Å². The van der Waals surface area contributed by atoms with Crippen LogP contribution in [0.3, 0.4) is 0 Å². The summed E-state index contributed by atoms with van der Waals surface area (Å²) in [5, 5.41) is 0.986. The Labute approximate surface area is 121 Å². The molecule has 102 valence electrons. The number of nitrogens with two attached hydrogens (primary N) is 1. The van der Waals surface area contributed by atoms with E-state index in [4.69, 9.17) is 5.73 Å². The van der Waals surface area contributed by atoms with Crippen LogP contribution in [0.1, 0.15) is 22.2 Å². The summed E-state index contributed by atoms with van der Waals surface area (Å²) in [6.07, 6.45) is 0.627. The van der Waals surface area contributed by atoms with Crippen LogP contribution in [0, 0.1) is 12.7 Å². The SMILES string of the molecule is Cc1ccc(C(N)Cc2nc3ccccc3s2)cc1F. The molecule has 0 amide bonds. The molecule has 1 unspecified atom stereocenters. The van der Waals surface area contributed by atoms with Gasteiger partial charge in [0.25, 0.3) is 0 Å². The maximum absolute atomic E-state index is 13.6. The third-order valence-electron chi connectivity index (χ3n) is 3.36. The molecule has 0 saturated carbocycles. The number of benzene rings is 2. The van der Waals surface area contributed by atoms with Gasteiger partial charge in [0.05, 0.1) is 15.2 Å². The largest absolute Gasteiger partial charge is 0.324 e. The number of para-hydroxylation sites is 1. The molecule has 3 rings (SSSR count). The molecule has 0 fully saturated rings. The molecule has 2 N–H and O–H groups in total. The van der Waals surface area contributed by atoms with E-state index in [1.165, 1.54) is 6.07 Å². The minimum Gasteiger partial charge on any atom is -0.324 e. The summed E-state index contributed by atoms with van der Waals surface area (Å²) in [7, 11) is 0. The Morgan fingerprint density at radius 2 is 2.05 bits per heavy atom. The molecular formula is C16H15FN2S. The monoisotopic (exact) mass is 286 g/mol. The van der Waals surface area contributed by atoms with Crippen LogP contribution in [0.5, 0.6) is 0 Å². The summed E-state index contributed by atoms with van der Waals surface area (Å²) < 4.78 is 14.7. The van der Waals surface area contributed by atoms with E-state index in [1.807, 2.05) is 30.3 Å². The van der Waals surface area contributed by atoms with E-state index >= 15 is 0 Å². The summed E-state index contributed by atoms with van der Waals surface area (Å²) in [5.74, 6) is -0.206. The number of aromatic nitrogens is 1. The molecule has 1 aromatic heterocycles. The van der Waals surface area contributed by atoms with Crippen molar-refractivity contribution >= 4 is 21.6 Å². The highest BCUT2D eigenvalue weighted by atomic mass is 32.1. The average molecular weight is 286 g/mol. The lowest BCUT2D eigenvalue weighted by molar-refractivity contribution is 0.609. The Morgan fingerprint density at radius 1 is 1.25 bits per heavy atom. The first-order chi connectivity index (χ1) is 9.63. The fraction of sp³-hybridized carbons (Fsp3) is 0.188. The molecule has 1 heterocycles. The zero-order valence-electron chi connectivity index (χ0n) is 11.1. The summed E-state index contributed by atoms with van der Waals surface area (Å²) in [6, 6.07) is 13.0. The van der Waals surface area contributed by atoms with E-state index in [1.54, 1.807) is 24.3 Å². The molecule has 0 aliphatic heterocycles. The quantitative estimate of drug-likeness (QED) is 0.790. The Hall–Kier alpha value is -1.78. The normalized spacial score (nSPS) is 12.8. The van der Waals surface area contributed by atoms with Gasteiger partial charge in [-0.15, -0.1) is 11.3 Å². The van der Waals surface area contributed by atoms with Gasteiger partial charge in [0.1, 0.15) is 5.82 Å². The van der Waals surface area contributed by atoms with Crippen LogP contribution in [0.4, 0.5) is 4.39 Å². The van der Waals surface area contributed by atoms with Crippen molar-refractivity contribution in [2.24, 2.45) is 5.73 Å². The van der Waals surface area contributed by atoms with Gasteiger partial charge in [0.2, 0.25) is 0 Å². The Balaban J connectivity index is 1.84. The maximum atomic E-state index is 13.6. The summed E-state index contributed by atoms with van der Waals surface area (Å²) in [5.41, 5.74) is 8.62. The van der Waals surface area contributed by atoms with E-state index in [0.717, 1.165) is 20.8 Å². The van der Waals surface area contributed by atoms with Gasteiger partial charge in [-0.1, -0.05) is 24.3 Å². The molecule has 20 heavy (non-hydrogen) atoms. The molecule has 4 heteroatoms. The van der Waals surface area contributed by atoms with Crippen molar-refractivity contribution in [1.29, 1.82) is 0 Å². The van der Waals surface area contributed by atoms with Crippen molar-refractivity contribution in [3.63, 3.8) is 0 Å². The van der Waals surface area contributed by atoms with E-state index in [-0.39, 0.29) is 11.9 Å². The molecule has 3 aromatic rings. The molecule has 0 bridgehead atoms. The van der Waals surface area contributed by atoms with Gasteiger partial charge in [-0.2, -0.15) is 0 Å². The number of hydrogen-bond acceptors (Lipinski definition) is 3. The molecule has 2 nitrogen and oxygen atoms in total. The first-order valence-electron chi connectivity index (χ1n) is 6.49. The summed E-state index contributed by atoms with van der Waals surface area (Å²) >= 11 is 1.64. The third kappa shape index (κ3) is 2.57. The molecule has 0 aliphatic carbocycles. The standard InChI is InChI=1S/C16H15FN2S/c1-10-6-7-11(8-12(10)17)13(18)9-16-19-14-4-2-3-5-15(14)20-16/h2-8,13H,9,18H2,1H3. The molecular weight excluding hydrogens is 271 g/mol. The fourth-order valence-corrected chi connectivity index (χ4v) is 3.18. The number of rotatable bonds is 3. The second-order valence-corrected chi connectivity index (χ2v) is 6.01. The summed E-state index contributed by atoms with van der Waals surface area (Å²) in [6.45, 7) is 1.75.